The molecule has 0 amide bonds. The van der Waals surface area contributed by atoms with Gasteiger partial charge in [0.2, 0.25) is 0 Å². The zero-order valence-electron chi connectivity index (χ0n) is 6.28. The molecular formula is C8H12BrNO. The summed E-state index contributed by atoms with van der Waals surface area (Å²) in [6.07, 6.45) is 4.82. The molecule has 0 aliphatic heterocycles. The lowest BCUT2D eigenvalue weighted by Gasteiger charge is -1.91. The highest BCUT2D eigenvalue weighted by Gasteiger charge is 1.93. The van der Waals surface area contributed by atoms with E-state index in [0.29, 0.717) is 0 Å². The predicted octanol–water partition coefficient (Wildman–Crippen LogP) is -2.64. The molecule has 1 heterocycles. The van der Waals surface area contributed by atoms with E-state index in [1.807, 2.05) is 30.6 Å². The summed E-state index contributed by atoms with van der Waals surface area (Å²) in [5.74, 6) is 0. The molecular weight excluding hydrogens is 206 g/mol. The zero-order chi connectivity index (χ0) is 7.23. The molecule has 3 heteroatoms. The number of halogens is 1. The lowest BCUT2D eigenvalue weighted by atomic mass is 10.4. The van der Waals surface area contributed by atoms with Crippen molar-refractivity contribution >= 4 is 0 Å². The normalized spacial score (nSPS) is 8.82. The molecule has 1 aromatic rings. The van der Waals surface area contributed by atoms with Crippen LogP contribution in [0.25, 0.3) is 0 Å². The van der Waals surface area contributed by atoms with Crippen LogP contribution in [0.3, 0.4) is 0 Å². The average Bonchev–Trinajstić information content (AvgIpc) is 2.03. The largest absolute Gasteiger partial charge is 1.00 e. The number of hydrogen-bond donors (Lipinski definition) is 1. The number of hydrogen-bond acceptors (Lipinski definition) is 1. The fourth-order valence-corrected chi connectivity index (χ4v) is 0.837. The van der Waals surface area contributed by atoms with Gasteiger partial charge in [-0.2, -0.15) is 0 Å². The van der Waals surface area contributed by atoms with Gasteiger partial charge in [0, 0.05) is 25.2 Å². The van der Waals surface area contributed by atoms with Crippen molar-refractivity contribution in [1.82, 2.24) is 0 Å². The Hall–Kier alpha value is -0.410. The summed E-state index contributed by atoms with van der Waals surface area (Å²) in [6, 6.07) is 5.95. The average molecular weight is 218 g/mol. The van der Waals surface area contributed by atoms with Crippen LogP contribution < -0.4 is 21.5 Å². The van der Waals surface area contributed by atoms with E-state index < -0.39 is 0 Å². The van der Waals surface area contributed by atoms with Gasteiger partial charge in [0.15, 0.2) is 18.9 Å². The van der Waals surface area contributed by atoms with E-state index in [0.717, 1.165) is 13.0 Å². The molecule has 0 radical (unpaired) electrons. The number of aliphatic hydroxyl groups excluding tert-OH is 1. The number of pyridine rings is 1. The van der Waals surface area contributed by atoms with E-state index >= 15 is 0 Å². The van der Waals surface area contributed by atoms with Crippen molar-refractivity contribution in [3.63, 3.8) is 0 Å². The van der Waals surface area contributed by atoms with Crippen LogP contribution in [0.5, 0.6) is 0 Å². The highest BCUT2D eigenvalue weighted by Crippen LogP contribution is 1.79. The van der Waals surface area contributed by atoms with Crippen LogP contribution in [-0.2, 0) is 6.54 Å². The quantitative estimate of drug-likeness (QED) is 0.551. The molecule has 0 aromatic carbocycles. The number of aliphatic hydroxyl groups is 1. The summed E-state index contributed by atoms with van der Waals surface area (Å²) < 4.78 is 2.05. The molecule has 0 aliphatic carbocycles. The molecule has 0 fully saturated rings. The molecule has 1 aromatic heterocycles. The van der Waals surface area contributed by atoms with Gasteiger partial charge in [-0.05, 0) is 0 Å². The smallest absolute Gasteiger partial charge is 0.168 e. The molecule has 0 atom stereocenters. The van der Waals surface area contributed by atoms with E-state index in [-0.39, 0.29) is 23.6 Å². The minimum absolute atomic E-state index is 0. The van der Waals surface area contributed by atoms with Crippen LogP contribution in [0.1, 0.15) is 6.42 Å². The van der Waals surface area contributed by atoms with Gasteiger partial charge in [-0.15, -0.1) is 0 Å². The van der Waals surface area contributed by atoms with Crippen LogP contribution in [0.4, 0.5) is 0 Å². The van der Waals surface area contributed by atoms with Crippen LogP contribution in [0.15, 0.2) is 30.6 Å². The molecule has 0 aliphatic rings. The number of rotatable bonds is 3. The first-order valence-electron chi connectivity index (χ1n) is 3.48. The second kappa shape index (κ2) is 6.31. The molecule has 2 nitrogen and oxygen atoms in total. The number of nitrogens with zero attached hydrogens (tertiary/aromatic N) is 1. The van der Waals surface area contributed by atoms with Gasteiger partial charge in [-0.25, -0.2) is 4.57 Å². The van der Waals surface area contributed by atoms with E-state index in [1.165, 1.54) is 0 Å². The summed E-state index contributed by atoms with van der Waals surface area (Å²) >= 11 is 0. The van der Waals surface area contributed by atoms with Crippen LogP contribution >= 0.6 is 0 Å². The Labute approximate surface area is 77.3 Å². The Balaban J connectivity index is 0.000001000. The molecule has 0 saturated heterocycles. The molecule has 62 valence electrons. The second-order valence-corrected chi connectivity index (χ2v) is 2.19. The van der Waals surface area contributed by atoms with Crippen molar-refractivity contribution in [2.45, 2.75) is 13.0 Å². The van der Waals surface area contributed by atoms with Gasteiger partial charge in [-0.1, -0.05) is 6.07 Å². The van der Waals surface area contributed by atoms with Crippen molar-refractivity contribution in [1.29, 1.82) is 0 Å². The number of aryl methyl sites for hydroxylation is 1. The maximum atomic E-state index is 8.51. The van der Waals surface area contributed by atoms with E-state index in [2.05, 4.69) is 4.57 Å². The fourth-order valence-electron chi connectivity index (χ4n) is 0.837. The Morgan fingerprint density at radius 3 is 2.27 bits per heavy atom. The molecule has 0 bridgehead atoms. The van der Waals surface area contributed by atoms with Crippen molar-refractivity contribution in [2.75, 3.05) is 6.61 Å². The predicted molar refractivity (Wildman–Crippen MR) is 38.3 cm³/mol. The zero-order valence-corrected chi connectivity index (χ0v) is 7.87. The minimum Gasteiger partial charge on any atom is -1.00 e. The van der Waals surface area contributed by atoms with Crippen molar-refractivity contribution in [3.05, 3.63) is 30.6 Å². The van der Waals surface area contributed by atoms with Crippen LogP contribution in [0, 0.1) is 0 Å². The molecule has 0 unspecified atom stereocenters. The van der Waals surface area contributed by atoms with Gasteiger partial charge in [0.1, 0.15) is 0 Å². The maximum absolute atomic E-state index is 8.51. The van der Waals surface area contributed by atoms with Crippen molar-refractivity contribution < 1.29 is 26.7 Å². The molecule has 0 spiro atoms. The van der Waals surface area contributed by atoms with Gasteiger partial charge in [0.25, 0.3) is 0 Å². The van der Waals surface area contributed by atoms with Crippen LogP contribution in [-0.4, -0.2) is 11.7 Å². The second-order valence-electron chi connectivity index (χ2n) is 2.19. The summed E-state index contributed by atoms with van der Waals surface area (Å²) in [5, 5.41) is 8.51. The Morgan fingerprint density at radius 2 is 1.73 bits per heavy atom. The first-order chi connectivity index (χ1) is 4.93. The minimum atomic E-state index is 0. The third-order valence-corrected chi connectivity index (χ3v) is 1.35. The van der Waals surface area contributed by atoms with Crippen molar-refractivity contribution in [3.8, 4) is 0 Å². The van der Waals surface area contributed by atoms with Gasteiger partial charge >= 0.3 is 0 Å². The Kier molecular flexibility index (Phi) is 6.07. The van der Waals surface area contributed by atoms with E-state index in [4.69, 9.17) is 5.11 Å². The van der Waals surface area contributed by atoms with E-state index in [1.54, 1.807) is 0 Å². The first-order valence-corrected chi connectivity index (χ1v) is 3.48. The molecule has 11 heavy (non-hydrogen) atoms. The third kappa shape index (κ3) is 4.11. The Bertz CT molecular complexity index is 179. The molecule has 1 N–H and O–H groups in total. The Morgan fingerprint density at radius 1 is 1.09 bits per heavy atom. The standard InChI is InChI=1S/C8H12NO.BrH/c10-8-4-7-9-5-2-1-3-6-9;/h1-3,5-6,10H,4,7-8H2;1H/q+1;/p-1. The lowest BCUT2D eigenvalue weighted by Crippen LogP contribution is -3.00. The van der Waals surface area contributed by atoms with Crippen LogP contribution in [0.2, 0.25) is 0 Å². The highest BCUT2D eigenvalue weighted by molar-refractivity contribution is 4.83. The monoisotopic (exact) mass is 217 g/mol. The van der Waals surface area contributed by atoms with Gasteiger partial charge in [0.05, 0.1) is 0 Å². The molecule has 1 rings (SSSR count). The molecule has 0 saturated carbocycles. The lowest BCUT2D eigenvalue weighted by molar-refractivity contribution is -0.697. The first kappa shape index (κ1) is 10.6. The summed E-state index contributed by atoms with van der Waals surface area (Å²) in [7, 11) is 0. The summed E-state index contributed by atoms with van der Waals surface area (Å²) in [5.41, 5.74) is 0. The summed E-state index contributed by atoms with van der Waals surface area (Å²) in [6.45, 7) is 1.17. The van der Waals surface area contributed by atoms with Crippen molar-refractivity contribution in [2.24, 2.45) is 0 Å². The van der Waals surface area contributed by atoms with Gasteiger partial charge < -0.3 is 22.1 Å². The maximum Gasteiger partial charge on any atom is 0.168 e. The van der Waals surface area contributed by atoms with E-state index in [9.17, 15) is 0 Å². The number of aromatic nitrogens is 1. The fraction of sp³-hybridized carbons (Fsp3) is 0.375. The SMILES string of the molecule is OCCC[n+]1ccccc1.[Br-]. The van der Waals surface area contributed by atoms with Gasteiger partial charge in [-0.3, -0.25) is 0 Å². The summed E-state index contributed by atoms with van der Waals surface area (Å²) in [4.78, 5) is 0. The third-order valence-electron chi connectivity index (χ3n) is 1.35. The topological polar surface area (TPSA) is 24.1 Å². The highest BCUT2D eigenvalue weighted by atomic mass is 79.9.